The summed E-state index contributed by atoms with van der Waals surface area (Å²) in [6, 6.07) is 0.740. The lowest BCUT2D eigenvalue weighted by molar-refractivity contribution is 0.0121. The molecule has 0 aromatic heterocycles. The molecule has 3 heteroatoms. The molecule has 0 amide bonds. The predicted octanol–water partition coefficient (Wildman–Crippen LogP) is 1.37. The second-order valence-electron chi connectivity index (χ2n) is 4.98. The first-order chi connectivity index (χ1) is 7.32. The number of piperidine rings is 1. The minimum absolute atomic E-state index is 0.168. The van der Waals surface area contributed by atoms with Crippen molar-refractivity contribution in [3.63, 3.8) is 0 Å². The van der Waals surface area contributed by atoms with E-state index < -0.39 is 0 Å². The van der Waals surface area contributed by atoms with Crippen LogP contribution >= 0.6 is 0 Å². The second kappa shape index (κ2) is 4.81. The van der Waals surface area contributed by atoms with Crippen LogP contribution in [0.25, 0.3) is 0 Å². The van der Waals surface area contributed by atoms with Crippen molar-refractivity contribution in [2.24, 2.45) is 5.73 Å². The Bertz CT molecular complexity index is 202. The van der Waals surface area contributed by atoms with E-state index in [0.717, 1.165) is 32.2 Å². The Morgan fingerprint density at radius 3 is 2.93 bits per heavy atom. The third-order valence-corrected chi connectivity index (χ3v) is 4.17. The first kappa shape index (κ1) is 11.4. The highest BCUT2D eigenvalue weighted by Crippen LogP contribution is 2.32. The highest BCUT2D eigenvalue weighted by molar-refractivity contribution is 4.98. The highest BCUT2D eigenvalue weighted by atomic mass is 16.5. The van der Waals surface area contributed by atoms with E-state index in [0.29, 0.717) is 0 Å². The zero-order valence-corrected chi connectivity index (χ0v) is 9.87. The zero-order chi connectivity index (χ0) is 10.7. The Morgan fingerprint density at radius 1 is 1.47 bits per heavy atom. The first-order valence-corrected chi connectivity index (χ1v) is 6.37. The van der Waals surface area contributed by atoms with Crippen LogP contribution < -0.4 is 5.73 Å². The lowest BCUT2D eigenvalue weighted by Crippen LogP contribution is -2.59. The molecular formula is C12H24N2O. The van der Waals surface area contributed by atoms with Gasteiger partial charge in [0.05, 0.1) is 12.1 Å². The minimum atomic E-state index is 0.168. The van der Waals surface area contributed by atoms with Crippen LogP contribution in [0.2, 0.25) is 0 Å². The number of likely N-dealkylation sites (tertiary alicyclic amines) is 1. The van der Waals surface area contributed by atoms with Gasteiger partial charge in [-0.3, -0.25) is 4.90 Å². The lowest BCUT2D eigenvalue weighted by atomic mass is 9.89. The largest absolute Gasteiger partial charge is 0.379 e. The summed E-state index contributed by atoms with van der Waals surface area (Å²) in [5.74, 6) is 0. The Labute approximate surface area is 93.0 Å². The summed E-state index contributed by atoms with van der Waals surface area (Å²) in [6.45, 7) is 6.01. The molecule has 88 valence electrons. The van der Waals surface area contributed by atoms with Crippen molar-refractivity contribution in [1.29, 1.82) is 0 Å². The van der Waals surface area contributed by atoms with Gasteiger partial charge in [0.25, 0.3) is 0 Å². The van der Waals surface area contributed by atoms with Crippen molar-refractivity contribution in [3.05, 3.63) is 0 Å². The molecule has 0 radical (unpaired) electrons. The maximum Gasteiger partial charge on any atom is 0.0663 e. The van der Waals surface area contributed by atoms with Crippen molar-refractivity contribution in [2.45, 2.75) is 50.6 Å². The molecule has 0 bridgehead atoms. The van der Waals surface area contributed by atoms with Gasteiger partial charge in [0.2, 0.25) is 0 Å². The molecular weight excluding hydrogens is 188 g/mol. The Kier molecular flexibility index (Phi) is 3.65. The number of hydrogen-bond acceptors (Lipinski definition) is 3. The van der Waals surface area contributed by atoms with Crippen molar-refractivity contribution < 1.29 is 4.74 Å². The SMILES string of the molecule is CCC1CCCCN1C1(CN)CCOC1. The van der Waals surface area contributed by atoms with Crippen LogP contribution in [-0.4, -0.2) is 42.8 Å². The standard InChI is InChI=1S/C12H24N2O/c1-2-11-5-3-4-7-14(11)12(9-13)6-8-15-10-12/h11H,2-10,13H2,1H3. The van der Waals surface area contributed by atoms with Gasteiger partial charge in [0.1, 0.15) is 0 Å². The molecule has 2 aliphatic heterocycles. The molecule has 0 saturated carbocycles. The fourth-order valence-corrected chi connectivity index (χ4v) is 3.15. The summed E-state index contributed by atoms with van der Waals surface area (Å²) < 4.78 is 5.58. The summed E-state index contributed by atoms with van der Waals surface area (Å²) >= 11 is 0. The van der Waals surface area contributed by atoms with Gasteiger partial charge in [-0.1, -0.05) is 13.3 Å². The fraction of sp³-hybridized carbons (Fsp3) is 1.00. The molecule has 0 aromatic rings. The average molecular weight is 212 g/mol. The van der Waals surface area contributed by atoms with E-state index in [1.165, 1.54) is 32.2 Å². The molecule has 0 aromatic carbocycles. The van der Waals surface area contributed by atoms with Gasteiger partial charge in [-0.2, -0.15) is 0 Å². The third kappa shape index (κ3) is 2.05. The van der Waals surface area contributed by atoms with E-state index in [9.17, 15) is 0 Å². The Hall–Kier alpha value is -0.120. The van der Waals surface area contributed by atoms with E-state index in [1.807, 2.05) is 0 Å². The van der Waals surface area contributed by atoms with Crippen LogP contribution in [0.1, 0.15) is 39.0 Å². The summed E-state index contributed by atoms with van der Waals surface area (Å²) in [4.78, 5) is 2.66. The molecule has 3 nitrogen and oxygen atoms in total. The van der Waals surface area contributed by atoms with Crippen LogP contribution in [0.5, 0.6) is 0 Å². The van der Waals surface area contributed by atoms with Gasteiger partial charge in [0, 0.05) is 19.2 Å². The molecule has 0 spiro atoms. The molecule has 2 aliphatic rings. The molecule has 2 unspecified atom stereocenters. The fourth-order valence-electron chi connectivity index (χ4n) is 3.15. The first-order valence-electron chi connectivity index (χ1n) is 6.37. The van der Waals surface area contributed by atoms with Crippen LogP contribution in [0.4, 0.5) is 0 Å². The van der Waals surface area contributed by atoms with Crippen LogP contribution in [0.3, 0.4) is 0 Å². The predicted molar refractivity (Wildman–Crippen MR) is 61.9 cm³/mol. The number of hydrogen-bond donors (Lipinski definition) is 1. The molecule has 2 saturated heterocycles. The van der Waals surface area contributed by atoms with E-state index in [4.69, 9.17) is 10.5 Å². The van der Waals surface area contributed by atoms with Gasteiger partial charge >= 0.3 is 0 Å². The average Bonchev–Trinajstić information content (AvgIpc) is 2.79. The molecule has 2 rings (SSSR count). The number of nitrogens with two attached hydrogens (primary N) is 1. The quantitative estimate of drug-likeness (QED) is 0.768. The van der Waals surface area contributed by atoms with Gasteiger partial charge < -0.3 is 10.5 Å². The maximum absolute atomic E-state index is 5.99. The van der Waals surface area contributed by atoms with Gasteiger partial charge in [-0.05, 0) is 32.2 Å². The van der Waals surface area contributed by atoms with Crippen LogP contribution in [-0.2, 0) is 4.74 Å². The summed E-state index contributed by atoms with van der Waals surface area (Å²) in [5.41, 5.74) is 6.16. The normalized spacial score (nSPS) is 38.4. The molecule has 2 N–H and O–H groups in total. The van der Waals surface area contributed by atoms with Gasteiger partial charge in [-0.25, -0.2) is 0 Å². The molecule has 2 atom stereocenters. The van der Waals surface area contributed by atoms with Crippen molar-refractivity contribution in [3.8, 4) is 0 Å². The van der Waals surface area contributed by atoms with Crippen molar-refractivity contribution in [1.82, 2.24) is 4.90 Å². The number of nitrogens with zero attached hydrogens (tertiary/aromatic N) is 1. The topological polar surface area (TPSA) is 38.5 Å². The minimum Gasteiger partial charge on any atom is -0.379 e. The number of ether oxygens (including phenoxy) is 1. The molecule has 2 fully saturated rings. The van der Waals surface area contributed by atoms with Crippen molar-refractivity contribution in [2.75, 3.05) is 26.3 Å². The third-order valence-electron chi connectivity index (χ3n) is 4.17. The molecule has 2 heterocycles. The summed E-state index contributed by atoms with van der Waals surface area (Å²) in [7, 11) is 0. The summed E-state index contributed by atoms with van der Waals surface area (Å²) in [5, 5.41) is 0. The monoisotopic (exact) mass is 212 g/mol. The Morgan fingerprint density at radius 2 is 2.33 bits per heavy atom. The Balaban J connectivity index is 2.10. The van der Waals surface area contributed by atoms with Crippen molar-refractivity contribution >= 4 is 0 Å². The zero-order valence-electron chi connectivity index (χ0n) is 9.87. The van der Waals surface area contributed by atoms with Crippen LogP contribution in [0, 0.1) is 0 Å². The summed E-state index contributed by atoms with van der Waals surface area (Å²) in [6.07, 6.45) is 6.44. The highest BCUT2D eigenvalue weighted by Gasteiger charge is 2.42. The molecule has 15 heavy (non-hydrogen) atoms. The van der Waals surface area contributed by atoms with E-state index in [1.54, 1.807) is 0 Å². The maximum atomic E-state index is 5.99. The smallest absolute Gasteiger partial charge is 0.0663 e. The lowest BCUT2D eigenvalue weighted by Gasteiger charge is -2.47. The van der Waals surface area contributed by atoms with Gasteiger partial charge in [0.15, 0.2) is 0 Å². The number of rotatable bonds is 3. The van der Waals surface area contributed by atoms with E-state index >= 15 is 0 Å². The van der Waals surface area contributed by atoms with E-state index in [-0.39, 0.29) is 5.54 Å². The van der Waals surface area contributed by atoms with Crippen LogP contribution in [0.15, 0.2) is 0 Å². The molecule has 0 aliphatic carbocycles. The second-order valence-corrected chi connectivity index (χ2v) is 4.98. The van der Waals surface area contributed by atoms with E-state index in [2.05, 4.69) is 11.8 Å². The van der Waals surface area contributed by atoms with Gasteiger partial charge in [-0.15, -0.1) is 0 Å².